The number of imidazole rings is 1. The fourth-order valence-electron chi connectivity index (χ4n) is 4.34. The number of unbranched alkanes of at least 4 members (excludes halogenated alkanes) is 1. The molecule has 1 N–H and O–H groups in total. The molecule has 194 valence electrons. The zero-order valence-electron chi connectivity index (χ0n) is 22.0. The lowest BCUT2D eigenvalue weighted by molar-refractivity contribution is -0.120. The van der Waals surface area contributed by atoms with Gasteiger partial charge in [0.2, 0.25) is 5.91 Å². The zero-order chi connectivity index (χ0) is 26.3. The highest BCUT2D eigenvalue weighted by molar-refractivity contribution is 6.30. The monoisotopic (exact) mass is 517 g/mol. The average Bonchev–Trinajstić information content (AvgIpc) is 3.22. The Bertz CT molecular complexity index is 1310. The van der Waals surface area contributed by atoms with Crippen LogP contribution in [0.2, 0.25) is 5.02 Å². The summed E-state index contributed by atoms with van der Waals surface area (Å²) in [5.41, 5.74) is 4.51. The van der Waals surface area contributed by atoms with E-state index in [4.69, 9.17) is 21.3 Å². The van der Waals surface area contributed by atoms with Gasteiger partial charge in [-0.15, -0.1) is 0 Å². The van der Waals surface area contributed by atoms with E-state index in [2.05, 4.69) is 61.0 Å². The van der Waals surface area contributed by atoms with Crippen LogP contribution in [0.4, 0.5) is 0 Å². The van der Waals surface area contributed by atoms with E-state index in [0.717, 1.165) is 47.6 Å². The van der Waals surface area contributed by atoms with E-state index in [0.29, 0.717) is 31.0 Å². The fraction of sp³-hybridized carbons (Fsp3) is 0.355. The number of benzene rings is 3. The number of aromatic nitrogens is 2. The number of aryl methyl sites for hydroxylation is 1. The first-order chi connectivity index (χ1) is 17.8. The summed E-state index contributed by atoms with van der Waals surface area (Å²) in [5, 5.41) is 3.70. The number of halogens is 1. The summed E-state index contributed by atoms with van der Waals surface area (Å²) in [6, 6.07) is 24.0. The third-order valence-corrected chi connectivity index (χ3v) is 6.70. The Morgan fingerprint density at radius 1 is 0.973 bits per heavy atom. The van der Waals surface area contributed by atoms with Crippen LogP contribution < -0.4 is 10.1 Å². The van der Waals surface area contributed by atoms with E-state index in [9.17, 15) is 4.79 Å². The number of ether oxygens (including phenoxy) is 1. The topological polar surface area (TPSA) is 56.1 Å². The van der Waals surface area contributed by atoms with Gasteiger partial charge in [-0.1, -0.05) is 68.8 Å². The van der Waals surface area contributed by atoms with Crippen LogP contribution in [-0.2, 0) is 29.6 Å². The molecule has 0 aliphatic rings. The number of hydrogen-bond donors (Lipinski definition) is 1. The first-order valence-corrected chi connectivity index (χ1v) is 13.4. The van der Waals surface area contributed by atoms with Crippen LogP contribution in [0.25, 0.3) is 11.0 Å². The molecule has 37 heavy (non-hydrogen) atoms. The molecule has 0 bridgehead atoms. The number of hydrogen-bond acceptors (Lipinski definition) is 3. The number of rotatable bonds is 11. The van der Waals surface area contributed by atoms with Gasteiger partial charge >= 0.3 is 0 Å². The molecule has 4 aromatic rings. The third-order valence-electron chi connectivity index (χ3n) is 6.45. The van der Waals surface area contributed by atoms with Crippen molar-refractivity contribution in [3.8, 4) is 5.75 Å². The van der Waals surface area contributed by atoms with Gasteiger partial charge in [-0.2, -0.15) is 0 Å². The van der Waals surface area contributed by atoms with Crippen molar-refractivity contribution in [2.24, 2.45) is 0 Å². The normalized spacial score (nSPS) is 11.6. The summed E-state index contributed by atoms with van der Waals surface area (Å²) in [6.45, 7) is 8.73. The van der Waals surface area contributed by atoms with Gasteiger partial charge in [0.15, 0.2) is 0 Å². The van der Waals surface area contributed by atoms with E-state index in [1.807, 2.05) is 30.3 Å². The predicted molar refractivity (Wildman–Crippen MR) is 151 cm³/mol. The lowest BCUT2D eigenvalue weighted by Gasteiger charge is -2.19. The number of para-hydroxylation sites is 2. The highest BCUT2D eigenvalue weighted by Gasteiger charge is 2.13. The van der Waals surface area contributed by atoms with Crippen molar-refractivity contribution >= 4 is 28.5 Å². The van der Waals surface area contributed by atoms with Gasteiger partial charge < -0.3 is 14.6 Å². The minimum atomic E-state index is -0.00216. The molecule has 0 fully saturated rings. The first kappa shape index (κ1) is 26.7. The molecule has 5 nitrogen and oxygen atoms in total. The number of fused-ring (bicyclic) bond motifs is 1. The lowest BCUT2D eigenvalue weighted by atomic mass is 9.87. The molecule has 0 aliphatic heterocycles. The van der Waals surface area contributed by atoms with Crippen LogP contribution in [-0.4, -0.2) is 28.6 Å². The van der Waals surface area contributed by atoms with E-state index in [-0.39, 0.29) is 11.3 Å². The molecule has 1 heterocycles. The Morgan fingerprint density at radius 2 is 1.70 bits per heavy atom. The number of amides is 1. The summed E-state index contributed by atoms with van der Waals surface area (Å²) in [5.74, 6) is 1.90. The van der Waals surface area contributed by atoms with Crippen molar-refractivity contribution in [3.63, 3.8) is 0 Å². The second-order valence-corrected chi connectivity index (χ2v) is 10.8. The van der Waals surface area contributed by atoms with E-state index >= 15 is 0 Å². The summed E-state index contributed by atoms with van der Waals surface area (Å²) in [7, 11) is 0. The van der Waals surface area contributed by atoms with Gasteiger partial charge in [-0.3, -0.25) is 4.79 Å². The summed E-state index contributed by atoms with van der Waals surface area (Å²) in [6.07, 6.45) is 2.95. The van der Waals surface area contributed by atoms with Gasteiger partial charge in [0.25, 0.3) is 0 Å². The van der Waals surface area contributed by atoms with E-state index in [1.54, 1.807) is 12.1 Å². The second kappa shape index (κ2) is 12.3. The van der Waals surface area contributed by atoms with Crippen LogP contribution in [0.5, 0.6) is 5.75 Å². The minimum absolute atomic E-state index is 0.00216. The Hall–Kier alpha value is -3.31. The molecule has 0 aliphatic carbocycles. The van der Waals surface area contributed by atoms with Crippen molar-refractivity contribution in [1.82, 2.24) is 14.9 Å². The van der Waals surface area contributed by atoms with Gasteiger partial charge in [0.05, 0.1) is 24.1 Å². The van der Waals surface area contributed by atoms with Gasteiger partial charge in [-0.05, 0) is 65.8 Å². The lowest BCUT2D eigenvalue weighted by Crippen LogP contribution is -2.28. The number of carbonyl (C=O) groups excluding carboxylic acids is 1. The molecule has 0 saturated carbocycles. The molecule has 6 heteroatoms. The van der Waals surface area contributed by atoms with Gasteiger partial charge in [0, 0.05) is 24.5 Å². The maximum absolute atomic E-state index is 12.4. The van der Waals surface area contributed by atoms with Crippen LogP contribution in [0, 0.1) is 0 Å². The van der Waals surface area contributed by atoms with Crippen LogP contribution in [0.1, 0.15) is 50.6 Å². The SMILES string of the molecule is CC(C)(C)c1ccc(OCCCCn2c(CCNC(=O)Cc3ccc(Cl)cc3)nc3ccccc32)cc1. The highest BCUT2D eigenvalue weighted by Crippen LogP contribution is 2.24. The van der Waals surface area contributed by atoms with Crippen LogP contribution >= 0.6 is 11.6 Å². The summed E-state index contributed by atoms with van der Waals surface area (Å²) >= 11 is 5.93. The molecule has 0 spiro atoms. The smallest absolute Gasteiger partial charge is 0.224 e. The Labute approximate surface area is 224 Å². The van der Waals surface area contributed by atoms with E-state index in [1.165, 1.54) is 5.56 Å². The maximum atomic E-state index is 12.4. The van der Waals surface area contributed by atoms with Crippen molar-refractivity contribution in [2.75, 3.05) is 13.2 Å². The Kier molecular flexibility index (Phi) is 8.88. The third kappa shape index (κ3) is 7.59. The molecule has 4 rings (SSSR count). The van der Waals surface area contributed by atoms with Crippen molar-refractivity contribution in [2.45, 2.75) is 58.4 Å². The van der Waals surface area contributed by atoms with Crippen molar-refractivity contribution in [3.05, 3.63) is 94.8 Å². The Balaban J connectivity index is 1.27. The molecule has 0 atom stereocenters. The molecule has 3 aromatic carbocycles. The van der Waals surface area contributed by atoms with E-state index < -0.39 is 0 Å². The molecule has 0 radical (unpaired) electrons. The molecule has 0 unspecified atom stereocenters. The van der Waals surface area contributed by atoms with Crippen LogP contribution in [0.15, 0.2) is 72.8 Å². The number of carbonyl (C=O) groups is 1. The summed E-state index contributed by atoms with van der Waals surface area (Å²) < 4.78 is 8.25. The number of nitrogens with one attached hydrogen (secondary N) is 1. The van der Waals surface area contributed by atoms with Gasteiger partial charge in [0.1, 0.15) is 11.6 Å². The summed E-state index contributed by atoms with van der Waals surface area (Å²) in [4.78, 5) is 17.2. The fourth-order valence-corrected chi connectivity index (χ4v) is 4.47. The van der Waals surface area contributed by atoms with Crippen molar-refractivity contribution in [1.29, 1.82) is 0 Å². The molecule has 1 aromatic heterocycles. The maximum Gasteiger partial charge on any atom is 0.224 e. The minimum Gasteiger partial charge on any atom is -0.494 e. The highest BCUT2D eigenvalue weighted by atomic mass is 35.5. The first-order valence-electron chi connectivity index (χ1n) is 13.0. The second-order valence-electron chi connectivity index (χ2n) is 10.4. The van der Waals surface area contributed by atoms with Crippen LogP contribution in [0.3, 0.4) is 0 Å². The quantitative estimate of drug-likeness (QED) is 0.224. The number of nitrogens with zero attached hydrogens (tertiary/aromatic N) is 2. The van der Waals surface area contributed by atoms with Gasteiger partial charge in [-0.25, -0.2) is 4.98 Å². The molecule has 0 saturated heterocycles. The zero-order valence-corrected chi connectivity index (χ0v) is 22.7. The standard InChI is InChI=1S/C31H36ClN3O2/c1-31(2,3)24-12-16-26(17-13-24)37-21-7-6-20-35-28-9-5-4-8-27(28)34-29(35)18-19-33-30(36)22-23-10-14-25(32)15-11-23/h4-5,8-17H,6-7,18-22H2,1-3H3,(H,33,36). The predicted octanol–water partition coefficient (Wildman–Crippen LogP) is 6.75. The van der Waals surface area contributed by atoms with Crippen molar-refractivity contribution < 1.29 is 9.53 Å². The molecular formula is C31H36ClN3O2. The Morgan fingerprint density at radius 3 is 2.43 bits per heavy atom. The molecule has 1 amide bonds. The average molecular weight is 518 g/mol. The largest absolute Gasteiger partial charge is 0.494 e. The molecular weight excluding hydrogens is 482 g/mol.